The summed E-state index contributed by atoms with van der Waals surface area (Å²) in [5.41, 5.74) is 7.41. The summed E-state index contributed by atoms with van der Waals surface area (Å²) in [5.74, 6) is -0.276. The summed E-state index contributed by atoms with van der Waals surface area (Å²) in [6.07, 6.45) is 1.93. The van der Waals surface area contributed by atoms with Crippen molar-refractivity contribution in [2.45, 2.75) is 32.2 Å². The molecule has 0 saturated carbocycles. The van der Waals surface area contributed by atoms with Crippen molar-refractivity contribution in [3.05, 3.63) is 35.1 Å². The summed E-state index contributed by atoms with van der Waals surface area (Å²) in [5, 5.41) is 5.22. The van der Waals surface area contributed by atoms with Gasteiger partial charge in [-0.2, -0.15) is 11.8 Å². The molecule has 0 unspecified atom stereocenters. The van der Waals surface area contributed by atoms with Gasteiger partial charge < -0.3 is 16.4 Å². The van der Waals surface area contributed by atoms with Crippen LogP contribution in [-0.2, 0) is 21.9 Å². The van der Waals surface area contributed by atoms with Crippen molar-refractivity contribution in [1.82, 2.24) is 10.6 Å². The number of thioether (sulfide) groups is 1. The number of nitrogens with two attached hydrogens (primary N) is 1. The molecule has 0 aliphatic carbocycles. The Morgan fingerprint density at radius 1 is 1.26 bits per heavy atom. The van der Waals surface area contributed by atoms with Crippen LogP contribution in [0.2, 0.25) is 0 Å². The summed E-state index contributed by atoms with van der Waals surface area (Å²) < 4.78 is 13.3. The maximum atomic E-state index is 13.3. The van der Waals surface area contributed by atoms with E-state index in [1.54, 1.807) is 17.8 Å². The van der Waals surface area contributed by atoms with Crippen LogP contribution in [0.3, 0.4) is 0 Å². The number of amides is 2. The van der Waals surface area contributed by atoms with Crippen LogP contribution < -0.4 is 16.4 Å². The summed E-state index contributed by atoms with van der Waals surface area (Å²) in [6, 6.07) is 3.87. The predicted molar refractivity (Wildman–Crippen MR) is 91.3 cm³/mol. The predicted octanol–water partition coefficient (Wildman–Crippen LogP) is 1.40. The molecule has 2 amide bonds. The quantitative estimate of drug-likeness (QED) is 0.667. The van der Waals surface area contributed by atoms with Crippen LogP contribution in [-0.4, -0.2) is 30.7 Å². The maximum absolute atomic E-state index is 13.3. The minimum absolute atomic E-state index is 0.00591. The number of carbonyl (C=O) groups is 2. The second-order valence-corrected chi connectivity index (χ2v) is 6.48. The fourth-order valence-electron chi connectivity index (χ4n) is 1.90. The van der Waals surface area contributed by atoms with Crippen LogP contribution in [0.25, 0.3) is 0 Å². The van der Waals surface area contributed by atoms with Crippen LogP contribution >= 0.6 is 11.8 Å². The summed E-state index contributed by atoms with van der Waals surface area (Å²) in [6.45, 7) is 3.84. The number of carbonyl (C=O) groups excluding carboxylic acids is 2. The molecule has 0 aromatic heterocycles. The summed E-state index contributed by atoms with van der Waals surface area (Å²) in [7, 11) is 0. The molecular formula is C16H24FN3O2S. The molecule has 5 nitrogen and oxygen atoms in total. The normalized spacial score (nSPS) is 12.1. The highest BCUT2D eigenvalue weighted by atomic mass is 32.2. The highest BCUT2D eigenvalue weighted by Gasteiger charge is 2.17. The van der Waals surface area contributed by atoms with E-state index in [1.807, 2.05) is 20.1 Å². The lowest BCUT2D eigenvalue weighted by atomic mass is 10.1. The molecule has 128 valence electrons. The van der Waals surface area contributed by atoms with Crippen LogP contribution in [0.4, 0.5) is 4.39 Å². The van der Waals surface area contributed by atoms with E-state index >= 15 is 0 Å². The molecule has 0 spiro atoms. The fraction of sp³-hybridized carbons (Fsp3) is 0.500. The van der Waals surface area contributed by atoms with Gasteiger partial charge in [-0.1, -0.05) is 19.9 Å². The average molecular weight is 341 g/mol. The Morgan fingerprint density at radius 3 is 2.57 bits per heavy atom. The number of benzene rings is 1. The van der Waals surface area contributed by atoms with Gasteiger partial charge in [0.2, 0.25) is 11.8 Å². The van der Waals surface area contributed by atoms with Crippen molar-refractivity contribution in [3.8, 4) is 0 Å². The van der Waals surface area contributed by atoms with E-state index in [4.69, 9.17) is 5.73 Å². The third-order valence-electron chi connectivity index (χ3n) is 3.39. The molecule has 1 rings (SSSR count). The Labute approximate surface area is 140 Å². The molecule has 0 heterocycles. The molecule has 0 aliphatic heterocycles. The van der Waals surface area contributed by atoms with E-state index in [-0.39, 0.29) is 30.1 Å². The van der Waals surface area contributed by atoms with Gasteiger partial charge in [-0.05, 0) is 35.4 Å². The van der Waals surface area contributed by atoms with Gasteiger partial charge in [-0.3, -0.25) is 9.59 Å². The van der Waals surface area contributed by atoms with Crippen LogP contribution in [0, 0.1) is 11.7 Å². The van der Waals surface area contributed by atoms with Gasteiger partial charge in [0, 0.05) is 12.3 Å². The smallest absolute Gasteiger partial charge is 0.239 e. The van der Waals surface area contributed by atoms with Gasteiger partial charge in [0.15, 0.2) is 0 Å². The largest absolute Gasteiger partial charge is 0.350 e. The molecule has 0 bridgehead atoms. The van der Waals surface area contributed by atoms with Gasteiger partial charge >= 0.3 is 0 Å². The van der Waals surface area contributed by atoms with Crippen LogP contribution in [0.1, 0.15) is 25.0 Å². The van der Waals surface area contributed by atoms with E-state index in [0.29, 0.717) is 12.3 Å². The SMILES string of the molecule is CSCc1cc(F)ccc1CNC(=O)CNC(=O)[C@@H](N)C(C)C. The number of rotatable bonds is 8. The monoisotopic (exact) mass is 341 g/mol. The maximum Gasteiger partial charge on any atom is 0.239 e. The third kappa shape index (κ3) is 6.58. The van der Waals surface area contributed by atoms with E-state index in [9.17, 15) is 14.0 Å². The molecule has 0 radical (unpaired) electrons. The lowest BCUT2D eigenvalue weighted by molar-refractivity contribution is -0.127. The van der Waals surface area contributed by atoms with Crippen molar-refractivity contribution >= 4 is 23.6 Å². The van der Waals surface area contributed by atoms with Gasteiger partial charge in [0.1, 0.15) is 5.82 Å². The molecule has 0 aliphatic rings. The molecule has 1 atom stereocenters. The van der Waals surface area contributed by atoms with Crippen LogP contribution in [0.5, 0.6) is 0 Å². The molecular weight excluding hydrogens is 317 g/mol. The minimum Gasteiger partial charge on any atom is -0.350 e. The lowest BCUT2D eigenvalue weighted by Gasteiger charge is -2.15. The second kappa shape index (κ2) is 9.52. The Kier molecular flexibility index (Phi) is 8.05. The van der Waals surface area contributed by atoms with Crippen molar-refractivity contribution in [2.75, 3.05) is 12.8 Å². The fourth-order valence-corrected chi connectivity index (χ4v) is 2.48. The Bertz CT molecular complexity index is 552. The van der Waals surface area contributed by atoms with Crippen molar-refractivity contribution in [2.24, 2.45) is 11.7 Å². The lowest BCUT2D eigenvalue weighted by Crippen LogP contribution is -2.47. The number of hydrogen-bond donors (Lipinski definition) is 3. The highest BCUT2D eigenvalue weighted by molar-refractivity contribution is 7.97. The zero-order chi connectivity index (χ0) is 17.4. The summed E-state index contributed by atoms with van der Waals surface area (Å²) in [4.78, 5) is 23.5. The highest BCUT2D eigenvalue weighted by Crippen LogP contribution is 2.16. The Balaban J connectivity index is 2.49. The molecule has 7 heteroatoms. The average Bonchev–Trinajstić information content (AvgIpc) is 2.51. The molecule has 1 aromatic rings. The number of nitrogens with one attached hydrogen (secondary N) is 2. The Hall–Kier alpha value is -1.60. The topological polar surface area (TPSA) is 84.2 Å². The first kappa shape index (κ1) is 19.4. The zero-order valence-electron chi connectivity index (χ0n) is 13.7. The summed E-state index contributed by atoms with van der Waals surface area (Å²) >= 11 is 1.58. The van der Waals surface area contributed by atoms with Gasteiger partial charge in [-0.25, -0.2) is 4.39 Å². The van der Waals surface area contributed by atoms with Crippen LogP contribution in [0.15, 0.2) is 18.2 Å². The van der Waals surface area contributed by atoms with E-state index in [1.165, 1.54) is 12.1 Å². The first-order valence-corrected chi connectivity index (χ1v) is 8.80. The van der Waals surface area contributed by atoms with Crippen molar-refractivity contribution in [1.29, 1.82) is 0 Å². The zero-order valence-corrected chi connectivity index (χ0v) is 14.5. The Morgan fingerprint density at radius 2 is 1.96 bits per heavy atom. The minimum atomic E-state index is -0.631. The molecule has 23 heavy (non-hydrogen) atoms. The van der Waals surface area contributed by atoms with Gasteiger partial charge in [0.05, 0.1) is 12.6 Å². The first-order chi connectivity index (χ1) is 10.8. The van der Waals surface area contributed by atoms with E-state index < -0.39 is 6.04 Å². The van der Waals surface area contributed by atoms with E-state index in [2.05, 4.69) is 10.6 Å². The van der Waals surface area contributed by atoms with E-state index in [0.717, 1.165) is 11.1 Å². The second-order valence-electron chi connectivity index (χ2n) is 5.61. The van der Waals surface area contributed by atoms with Crippen molar-refractivity contribution in [3.63, 3.8) is 0 Å². The van der Waals surface area contributed by atoms with Gasteiger partial charge in [0.25, 0.3) is 0 Å². The molecule has 0 saturated heterocycles. The molecule has 4 N–H and O–H groups in total. The molecule has 1 aromatic carbocycles. The molecule has 0 fully saturated rings. The standard InChI is InChI=1S/C16H24FN3O2S/c1-10(2)15(18)16(22)20-8-14(21)19-7-11-4-5-13(17)6-12(11)9-23-3/h4-6,10,15H,7-9,18H2,1-3H3,(H,19,21)(H,20,22)/t15-/m0/s1. The third-order valence-corrected chi connectivity index (χ3v) is 3.99. The number of halogens is 1. The number of hydrogen-bond acceptors (Lipinski definition) is 4. The van der Waals surface area contributed by atoms with Crippen molar-refractivity contribution < 1.29 is 14.0 Å². The first-order valence-electron chi connectivity index (χ1n) is 7.41. The van der Waals surface area contributed by atoms with Gasteiger partial charge in [-0.15, -0.1) is 0 Å².